The third-order valence-corrected chi connectivity index (χ3v) is 2.70. The number of para-hydroxylation sites is 1. The molecule has 2 aromatic rings. The third kappa shape index (κ3) is 3.20. The van der Waals surface area contributed by atoms with Crippen molar-refractivity contribution in [3.05, 3.63) is 41.7 Å². The van der Waals surface area contributed by atoms with Gasteiger partial charge in [0.05, 0.1) is 5.56 Å². The molecule has 0 saturated heterocycles. The molecule has 0 aliphatic heterocycles. The molecule has 0 fully saturated rings. The van der Waals surface area contributed by atoms with Crippen LogP contribution < -0.4 is 4.74 Å². The summed E-state index contributed by atoms with van der Waals surface area (Å²) in [7, 11) is 0. The molecule has 0 spiro atoms. The van der Waals surface area contributed by atoms with Crippen molar-refractivity contribution >= 4 is 6.29 Å². The molecule has 0 atom stereocenters. The van der Waals surface area contributed by atoms with Crippen molar-refractivity contribution in [3.63, 3.8) is 0 Å². The van der Waals surface area contributed by atoms with Gasteiger partial charge in [0.2, 0.25) is 0 Å². The van der Waals surface area contributed by atoms with Crippen LogP contribution in [0.15, 0.2) is 24.5 Å². The van der Waals surface area contributed by atoms with Gasteiger partial charge in [0.1, 0.15) is 12.9 Å². The first-order valence-electron chi connectivity index (χ1n) is 6.35. The van der Waals surface area contributed by atoms with Crippen LogP contribution in [0.3, 0.4) is 0 Å². The Morgan fingerprint density at radius 1 is 1.45 bits per heavy atom. The zero-order chi connectivity index (χ0) is 14.5. The van der Waals surface area contributed by atoms with E-state index in [2.05, 4.69) is 23.9 Å². The molecule has 1 heterocycles. The van der Waals surface area contributed by atoms with E-state index in [1.165, 1.54) is 24.5 Å². The molecular weight excluding hydrogens is 261 g/mol. The summed E-state index contributed by atoms with van der Waals surface area (Å²) in [5.74, 6) is 0.388. The fourth-order valence-corrected chi connectivity index (χ4v) is 1.81. The van der Waals surface area contributed by atoms with Crippen LogP contribution in [0.5, 0.6) is 5.75 Å². The number of hydrogen-bond acceptors (Lipinski definition) is 4. The van der Waals surface area contributed by atoms with Crippen LogP contribution in [-0.4, -0.2) is 21.1 Å². The third-order valence-electron chi connectivity index (χ3n) is 2.70. The van der Waals surface area contributed by atoms with E-state index in [9.17, 15) is 9.18 Å². The quantitative estimate of drug-likeness (QED) is 0.761. The Labute approximate surface area is 116 Å². The normalized spacial score (nSPS) is 10.8. The second-order valence-corrected chi connectivity index (χ2v) is 4.82. The molecule has 0 amide bonds. The summed E-state index contributed by atoms with van der Waals surface area (Å²) in [6.07, 6.45) is 2.00. The number of benzene rings is 1. The Bertz CT molecular complexity index is 596. The lowest BCUT2D eigenvalue weighted by Crippen LogP contribution is -2.13. The fraction of sp³-hybridized carbons (Fsp3) is 0.357. The Kier molecular flexibility index (Phi) is 4.45. The zero-order valence-corrected chi connectivity index (χ0v) is 11.4. The van der Waals surface area contributed by atoms with Crippen molar-refractivity contribution in [2.75, 3.05) is 0 Å². The van der Waals surface area contributed by atoms with Gasteiger partial charge in [-0.3, -0.25) is 4.79 Å². The van der Waals surface area contributed by atoms with Crippen LogP contribution in [0.25, 0.3) is 0 Å². The first kappa shape index (κ1) is 14.2. The van der Waals surface area contributed by atoms with Crippen LogP contribution in [-0.2, 0) is 13.2 Å². The van der Waals surface area contributed by atoms with Crippen molar-refractivity contribution in [1.82, 2.24) is 14.8 Å². The molecule has 0 saturated carbocycles. The van der Waals surface area contributed by atoms with Gasteiger partial charge < -0.3 is 4.74 Å². The maximum absolute atomic E-state index is 13.6. The summed E-state index contributed by atoms with van der Waals surface area (Å²) in [5.41, 5.74) is 0.180. The van der Waals surface area contributed by atoms with Crippen LogP contribution in [0, 0.1) is 11.7 Å². The summed E-state index contributed by atoms with van der Waals surface area (Å²) in [6, 6.07) is 4.22. The molecule has 2 rings (SSSR count). The zero-order valence-electron chi connectivity index (χ0n) is 11.4. The molecule has 0 radical (unpaired) electrons. The van der Waals surface area contributed by atoms with Gasteiger partial charge in [-0.2, -0.15) is 5.10 Å². The van der Waals surface area contributed by atoms with Crippen LogP contribution in [0.1, 0.15) is 30.0 Å². The number of ether oxygens (including phenoxy) is 1. The van der Waals surface area contributed by atoms with E-state index in [1.807, 2.05) is 0 Å². The van der Waals surface area contributed by atoms with Crippen molar-refractivity contribution in [2.24, 2.45) is 5.92 Å². The summed E-state index contributed by atoms with van der Waals surface area (Å²) in [5, 5.41) is 4.10. The number of halogens is 1. The van der Waals surface area contributed by atoms with Crippen molar-refractivity contribution in [1.29, 1.82) is 0 Å². The molecule has 0 unspecified atom stereocenters. The molecule has 106 valence electrons. The number of aldehydes is 1. The molecule has 1 aromatic heterocycles. The molecule has 1 aromatic carbocycles. The Balaban J connectivity index is 2.13. The first-order chi connectivity index (χ1) is 9.61. The Hall–Kier alpha value is -2.24. The lowest BCUT2D eigenvalue weighted by atomic mass is 10.2. The van der Waals surface area contributed by atoms with Crippen molar-refractivity contribution in [2.45, 2.75) is 27.0 Å². The first-order valence-corrected chi connectivity index (χ1v) is 6.35. The second-order valence-electron chi connectivity index (χ2n) is 4.82. The van der Waals surface area contributed by atoms with Gasteiger partial charge in [-0.1, -0.05) is 19.9 Å². The van der Waals surface area contributed by atoms with E-state index in [0.717, 1.165) is 0 Å². The Morgan fingerprint density at radius 3 is 2.95 bits per heavy atom. The highest BCUT2D eigenvalue weighted by Crippen LogP contribution is 2.22. The lowest BCUT2D eigenvalue weighted by Gasteiger charge is -2.11. The molecule has 5 nitrogen and oxygen atoms in total. The van der Waals surface area contributed by atoms with Gasteiger partial charge in [-0.25, -0.2) is 14.1 Å². The largest absolute Gasteiger partial charge is 0.482 e. The molecule has 0 aliphatic rings. The fourth-order valence-electron chi connectivity index (χ4n) is 1.81. The summed E-state index contributed by atoms with van der Waals surface area (Å²) in [4.78, 5) is 15.0. The SMILES string of the molecule is CC(C)Cn1ncnc1COc1c(F)cccc1C=O. The van der Waals surface area contributed by atoms with E-state index in [4.69, 9.17) is 4.74 Å². The van der Waals surface area contributed by atoms with E-state index < -0.39 is 5.82 Å². The molecule has 6 heteroatoms. The van der Waals surface area contributed by atoms with Gasteiger partial charge in [-0.15, -0.1) is 0 Å². The highest BCUT2D eigenvalue weighted by atomic mass is 19.1. The number of nitrogens with zero attached hydrogens (tertiary/aromatic N) is 3. The molecule has 0 bridgehead atoms. The maximum Gasteiger partial charge on any atom is 0.166 e. The van der Waals surface area contributed by atoms with E-state index >= 15 is 0 Å². The maximum atomic E-state index is 13.6. The number of carbonyl (C=O) groups excluding carboxylic acids is 1. The number of carbonyl (C=O) groups is 1. The standard InChI is InChI=1S/C14H16FN3O2/c1-10(2)6-18-13(16-9-17-18)8-20-14-11(7-19)4-3-5-12(14)15/h3-5,7,9-10H,6,8H2,1-2H3. The number of aromatic nitrogens is 3. The smallest absolute Gasteiger partial charge is 0.166 e. The van der Waals surface area contributed by atoms with E-state index in [-0.39, 0.29) is 17.9 Å². The monoisotopic (exact) mass is 277 g/mol. The van der Waals surface area contributed by atoms with Gasteiger partial charge in [0, 0.05) is 6.54 Å². The van der Waals surface area contributed by atoms with Gasteiger partial charge in [-0.05, 0) is 18.1 Å². The minimum absolute atomic E-state index is 0.0541. The van der Waals surface area contributed by atoms with Gasteiger partial charge in [0.25, 0.3) is 0 Å². The Morgan fingerprint density at radius 2 is 2.25 bits per heavy atom. The van der Waals surface area contributed by atoms with Gasteiger partial charge >= 0.3 is 0 Å². The van der Waals surface area contributed by atoms with Crippen molar-refractivity contribution in [3.8, 4) is 5.75 Å². The second kappa shape index (κ2) is 6.27. The highest BCUT2D eigenvalue weighted by molar-refractivity contribution is 5.79. The highest BCUT2D eigenvalue weighted by Gasteiger charge is 2.12. The lowest BCUT2D eigenvalue weighted by molar-refractivity contribution is 0.111. The number of rotatable bonds is 6. The van der Waals surface area contributed by atoms with E-state index in [1.54, 1.807) is 4.68 Å². The molecular formula is C14H16FN3O2. The van der Waals surface area contributed by atoms with Gasteiger partial charge in [0.15, 0.2) is 23.7 Å². The average Bonchev–Trinajstić information content (AvgIpc) is 2.83. The molecule has 0 aliphatic carbocycles. The molecule has 0 N–H and O–H groups in total. The summed E-state index contributed by atoms with van der Waals surface area (Å²) in [6.45, 7) is 4.90. The average molecular weight is 277 g/mol. The van der Waals surface area contributed by atoms with Crippen LogP contribution in [0.2, 0.25) is 0 Å². The van der Waals surface area contributed by atoms with Crippen LogP contribution >= 0.6 is 0 Å². The minimum atomic E-state index is -0.565. The predicted octanol–water partition coefficient (Wildman–Crippen LogP) is 2.46. The molecule has 20 heavy (non-hydrogen) atoms. The summed E-state index contributed by atoms with van der Waals surface area (Å²) >= 11 is 0. The van der Waals surface area contributed by atoms with Crippen LogP contribution in [0.4, 0.5) is 4.39 Å². The number of hydrogen-bond donors (Lipinski definition) is 0. The van der Waals surface area contributed by atoms with E-state index in [0.29, 0.717) is 24.6 Å². The summed E-state index contributed by atoms with van der Waals surface area (Å²) < 4.78 is 20.8. The van der Waals surface area contributed by atoms with Crippen molar-refractivity contribution < 1.29 is 13.9 Å². The minimum Gasteiger partial charge on any atom is -0.482 e. The predicted molar refractivity (Wildman–Crippen MR) is 71.0 cm³/mol. The topological polar surface area (TPSA) is 57.0 Å².